The first-order valence-corrected chi connectivity index (χ1v) is 6.97. The standard InChI is InChI=1S/C15H13BrFN3/c1-8-3-4-10(16)6-13(8)20-14-5-9(2)11(17)7-12(14)19-15(20)18/h3-7H,1-2H3,(H2,18,19). The number of anilines is 1. The van der Waals surface area contributed by atoms with E-state index in [1.165, 1.54) is 6.07 Å². The summed E-state index contributed by atoms with van der Waals surface area (Å²) < 4.78 is 16.4. The van der Waals surface area contributed by atoms with Crippen LogP contribution in [0.15, 0.2) is 34.8 Å². The lowest BCUT2D eigenvalue weighted by atomic mass is 10.1. The number of imidazole rings is 1. The fraction of sp³-hybridized carbons (Fsp3) is 0.133. The highest BCUT2D eigenvalue weighted by atomic mass is 79.9. The van der Waals surface area contributed by atoms with Crippen molar-refractivity contribution >= 4 is 32.9 Å². The molecule has 3 rings (SSSR count). The van der Waals surface area contributed by atoms with Crippen LogP contribution >= 0.6 is 15.9 Å². The Morgan fingerprint density at radius 2 is 1.90 bits per heavy atom. The number of rotatable bonds is 1. The van der Waals surface area contributed by atoms with Crippen LogP contribution in [0.25, 0.3) is 16.7 Å². The van der Waals surface area contributed by atoms with E-state index in [4.69, 9.17) is 5.73 Å². The molecule has 0 spiro atoms. The maximum atomic E-state index is 13.6. The molecule has 0 aliphatic carbocycles. The fourth-order valence-electron chi connectivity index (χ4n) is 2.30. The van der Waals surface area contributed by atoms with E-state index in [-0.39, 0.29) is 5.82 Å². The zero-order valence-electron chi connectivity index (χ0n) is 11.1. The molecular formula is C15H13BrFN3. The average Bonchev–Trinajstić information content (AvgIpc) is 2.69. The Balaban J connectivity index is 2.38. The van der Waals surface area contributed by atoms with Gasteiger partial charge in [0.15, 0.2) is 0 Å². The highest BCUT2D eigenvalue weighted by Crippen LogP contribution is 2.28. The molecule has 0 radical (unpaired) electrons. The predicted octanol–water partition coefficient (Wildman–Crippen LogP) is 4.13. The molecule has 3 nitrogen and oxygen atoms in total. The Morgan fingerprint density at radius 3 is 2.65 bits per heavy atom. The van der Waals surface area contributed by atoms with Gasteiger partial charge in [-0.05, 0) is 43.2 Å². The van der Waals surface area contributed by atoms with Crippen molar-refractivity contribution in [2.75, 3.05) is 5.73 Å². The van der Waals surface area contributed by atoms with Gasteiger partial charge in [-0.3, -0.25) is 4.57 Å². The van der Waals surface area contributed by atoms with Gasteiger partial charge in [0.1, 0.15) is 5.82 Å². The van der Waals surface area contributed by atoms with Crippen LogP contribution in [0.2, 0.25) is 0 Å². The lowest BCUT2D eigenvalue weighted by Gasteiger charge is -2.11. The first-order chi connectivity index (χ1) is 9.47. The van der Waals surface area contributed by atoms with Gasteiger partial charge >= 0.3 is 0 Å². The number of nitrogens with zero attached hydrogens (tertiary/aromatic N) is 2. The van der Waals surface area contributed by atoms with Gasteiger partial charge in [-0.2, -0.15) is 0 Å². The first kappa shape index (κ1) is 13.1. The highest BCUT2D eigenvalue weighted by Gasteiger charge is 2.14. The number of aryl methyl sites for hydroxylation is 2. The normalized spacial score (nSPS) is 11.2. The minimum absolute atomic E-state index is 0.270. The van der Waals surface area contributed by atoms with Crippen molar-refractivity contribution < 1.29 is 4.39 Å². The third kappa shape index (κ3) is 1.98. The second-order valence-corrected chi connectivity index (χ2v) is 5.74. The molecule has 5 heteroatoms. The summed E-state index contributed by atoms with van der Waals surface area (Å²) in [6.07, 6.45) is 0. The van der Waals surface area contributed by atoms with E-state index < -0.39 is 0 Å². The molecule has 102 valence electrons. The molecule has 0 saturated heterocycles. The molecule has 3 aromatic rings. The van der Waals surface area contributed by atoms with Gasteiger partial charge in [-0.15, -0.1) is 0 Å². The minimum atomic E-state index is -0.270. The second kappa shape index (κ2) is 4.59. The van der Waals surface area contributed by atoms with Crippen molar-refractivity contribution in [3.8, 4) is 5.69 Å². The third-order valence-electron chi connectivity index (χ3n) is 3.37. The summed E-state index contributed by atoms with van der Waals surface area (Å²) in [6.45, 7) is 3.74. The van der Waals surface area contributed by atoms with E-state index in [1.54, 1.807) is 13.0 Å². The third-order valence-corrected chi connectivity index (χ3v) is 3.87. The van der Waals surface area contributed by atoms with Gasteiger partial charge in [0.2, 0.25) is 5.95 Å². The summed E-state index contributed by atoms with van der Waals surface area (Å²) in [4.78, 5) is 4.25. The van der Waals surface area contributed by atoms with Gasteiger partial charge in [-0.25, -0.2) is 9.37 Å². The van der Waals surface area contributed by atoms with Crippen LogP contribution in [0.1, 0.15) is 11.1 Å². The maximum Gasteiger partial charge on any atom is 0.205 e. The summed E-state index contributed by atoms with van der Waals surface area (Å²) in [6, 6.07) is 9.14. The molecule has 1 aromatic heterocycles. The predicted molar refractivity (Wildman–Crippen MR) is 82.6 cm³/mol. The van der Waals surface area contributed by atoms with E-state index in [0.717, 1.165) is 21.2 Å². The lowest BCUT2D eigenvalue weighted by molar-refractivity contribution is 0.620. The number of hydrogen-bond donors (Lipinski definition) is 1. The Morgan fingerprint density at radius 1 is 1.15 bits per heavy atom. The molecule has 0 fully saturated rings. The minimum Gasteiger partial charge on any atom is -0.369 e. The van der Waals surface area contributed by atoms with E-state index in [0.29, 0.717) is 17.0 Å². The zero-order valence-corrected chi connectivity index (χ0v) is 12.7. The summed E-state index contributed by atoms with van der Waals surface area (Å²) in [5, 5.41) is 0. The molecule has 0 unspecified atom stereocenters. The van der Waals surface area contributed by atoms with Crippen molar-refractivity contribution in [3.63, 3.8) is 0 Å². The Labute approximate surface area is 124 Å². The number of nitrogens with two attached hydrogens (primary N) is 1. The smallest absolute Gasteiger partial charge is 0.205 e. The Hall–Kier alpha value is -1.88. The molecule has 0 aliphatic heterocycles. The Bertz CT molecular complexity index is 824. The van der Waals surface area contributed by atoms with E-state index in [2.05, 4.69) is 20.9 Å². The molecule has 20 heavy (non-hydrogen) atoms. The number of nitrogen functional groups attached to an aromatic ring is 1. The highest BCUT2D eigenvalue weighted by molar-refractivity contribution is 9.10. The topological polar surface area (TPSA) is 43.8 Å². The van der Waals surface area contributed by atoms with Gasteiger partial charge in [-0.1, -0.05) is 22.0 Å². The van der Waals surface area contributed by atoms with Crippen LogP contribution in [0.5, 0.6) is 0 Å². The first-order valence-electron chi connectivity index (χ1n) is 6.18. The van der Waals surface area contributed by atoms with Crippen molar-refractivity contribution in [2.45, 2.75) is 13.8 Å². The quantitative estimate of drug-likeness (QED) is 0.727. The largest absolute Gasteiger partial charge is 0.369 e. The summed E-state index contributed by atoms with van der Waals surface area (Å²) in [5.74, 6) is 0.0827. The molecule has 0 saturated carbocycles. The van der Waals surface area contributed by atoms with Crippen molar-refractivity contribution in [2.24, 2.45) is 0 Å². The summed E-state index contributed by atoms with van der Waals surface area (Å²) in [5.41, 5.74) is 9.97. The maximum absolute atomic E-state index is 13.6. The molecule has 0 amide bonds. The van der Waals surface area contributed by atoms with Gasteiger partial charge < -0.3 is 5.73 Å². The SMILES string of the molecule is Cc1cc2c(cc1F)nc(N)n2-c1cc(Br)ccc1C. The zero-order chi connectivity index (χ0) is 14.4. The number of fused-ring (bicyclic) bond motifs is 1. The lowest BCUT2D eigenvalue weighted by Crippen LogP contribution is -2.02. The second-order valence-electron chi connectivity index (χ2n) is 4.83. The van der Waals surface area contributed by atoms with Gasteiger partial charge in [0, 0.05) is 10.5 Å². The molecule has 0 atom stereocenters. The molecule has 1 heterocycles. The number of halogens is 2. The van der Waals surface area contributed by atoms with E-state index in [9.17, 15) is 4.39 Å². The van der Waals surface area contributed by atoms with Gasteiger partial charge in [0.25, 0.3) is 0 Å². The monoisotopic (exact) mass is 333 g/mol. The van der Waals surface area contributed by atoms with Crippen LogP contribution in [0, 0.1) is 19.7 Å². The van der Waals surface area contributed by atoms with Crippen LogP contribution in [-0.4, -0.2) is 9.55 Å². The molecular weight excluding hydrogens is 321 g/mol. The summed E-state index contributed by atoms with van der Waals surface area (Å²) >= 11 is 3.46. The van der Waals surface area contributed by atoms with Crippen LogP contribution in [-0.2, 0) is 0 Å². The van der Waals surface area contributed by atoms with Crippen LogP contribution in [0.4, 0.5) is 10.3 Å². The Kier molecular flexibility index (Phi) is 3.01. The van der Waals surface area contributed by atoms with E-state index >= 15 is 0 Å². The van der Waals surface area contributed by atoms with Crippen molar-refractivity contribution in [1.82, 2.24) is 9.55 Å². The molecule has 0 aliphatic rings. The van der Waals surface area contributed by atoms with Crippen LogP contribution < -0.4 is 5.73 Å². The van der Waals surface area contributed by atoms with Gasteiger partial charge in [0.05, 0.1) is 16.7 Å². The van der Waals surface area contributed by atoms with Crippen molar-refractivity contribution in [1.29, 1.82) is 0 Å². The molecule has 2 N–H and O–H groups in total. The van der Waals surface area contributed by atoms with E-state index in [1.807, 2.05) is 29.7 Å². The van der Waals surface area contributed by atoms with Crippen molar-refractivity contribution in [3.05, 3.63) is 51.7 Å². The molecule has 2 aromatic carbocycles. The average molecular weight is 334 g/mol. The molecule has 0 bridgehead atoms. The number of aromatic nitrogens is 2. The number of hydrogen-bond acceptors (Lipinski definition) is 2. The van der Waals surface area contributed by atoms with Crippen LogP contribution in [0.3, 0.4) is 0 Å². The summed E-state index contributed by atoms with van der Waals surface area (Å²) in [7, 11) is 0. The fourth-order valence-corrected chi connectivity index (χ4v) is 2.65. The number of benzene rings is 2.